The van der Waals surface area contributed by atoms with Gasteiger partial charge < -0.3 is 28.4 Å². The zero-order valence-electron chi connectivity index (χ0n) is 14.5. The molecule has 0 radical (unpaired) electrons. The van der Waals surface area contributed by atoms with E-state index in [0.29, 0.717) is 52.9 Å². The molecule has 1 atom stereocenters. The molecular weight excluding hydrogens is 290 g/mol. The van der Waals surface area contributed by atoms with Gasteiger partial charge >= 0.3 is 0 Å². The van der Waals surface area contributed by atoms with Gasteiger partial charge in [-0.25, -0.2) is 0 Å². The maximum Gasteiger partial charge on any atom is 0.108 e. The highest BCUT2D eigenvalue weighted by molar-refractivity contribution is 4.60. The standard InChI is InChI=1S/C15H33NO6/c1-15(22-14-11-19-4)16(5-7-20-12-9-17-2)6-8-21-13-10-18-3/h15H,5-14H2,1-4H3. The molecule has 7 heteroatoms. The molecule has 0 amide bonds. The second-order valence-electron chi connectivity index (χ2n) is 4.71. The average molecular weight is 323 g/mol. The Kier molecular flexibility index (Phi) is 16.9. The van der Waals surface area contributed by atoms with Crippen molar-refractivity contribution in [2.24, 2.45) is 0 Å². The third kappa shape index (κ3) is 13.4. The van der Waals surface area contributed by atoms with Gasteiger partial charge in [0.05, 0.1) is 52.9 Å². The Morgan fingerprint density at radius 2 is 1.09 bits per heavy atom. The van der Waals surface area contributed by atoms with Crippen LogP contribution in [0.2, 0.25) is 0 Å². The molecule has 0 aromatic rings. The lowest BCUT2D eigenvalue weighted by Gasteiger charge is -2.28. The minimum absolute atomic E-state index is 0.00722. The number of hydrogen-bond donors (Lipinski definition) is 0. The smallest absolute Gasteiger partial charge is 0.108 e. The first kappa shape index (κ1) is 21.7. The zero-order chi connectivity index (χ0) is 16.5. The molecule has 0 fully saturated rings. The lowest BCUT2D eigenvalue weighted by Crippen LogP contribution is -2.40. The molecule has 0 aromatic heterocycles. The van der Waals surface area contributed by atoms with E-state index in [4.69, 9.17) is 28.4 Å². The van der Waals surface area contributed by atoms with Crippen molar-refractivity contribution >= 4 is 0 Å². The van der Waals surface area contributed by atoms with Crippen molar-refractivity contribution in [3.8, 4) is 0 Å². The molecule has 0 saturated carbocycles. The van der Waals surface area contributed by atoms with Crippen LogP contribution >= 0.6 is 0 Å². The number of methoxy groups -OCH3 is 3. The monoisotopic (exact) mass is 323 g/mol. The van der Waals surface area contributed by atoms with Crippen molar-refractivity contribution in [2.45, 2.75) is 13.2 Å². The molecular formula is C15H33NO6. The lowest BCUT2D eigenvalue weighted by molar-refractivity contribution is -0.0789. The summed E-state index contributed by atoms with van der Waals surface area (Å²) in [6.07, 6.45) is -0.00722. The van der Waals surface area contributed by atoms with E-state index in [1.165, 1.54) is 0 Å². The van der Waals surface area contributed by atoms with Crippen LogP contribution in [0.4, 0.5) is 0 Å². The SMILES string of the molecule is COCCOCCN(CCOCCOC)C(C)OCCOC. The molecule has 0 N–H and O–H groups in total. The summed E-state index contributed by atoms with van der Waals surface area (Å²) in [7, 11) is 5.00. The molecule has 0 bridgehead atoms. The lowest BCUT2D eigenvalue weighted by atomic mass is 10.4. The maximum absolute atomic E-state index is 5.74. The topological polar surface area (TPSA) is 58.6 Å². The average Bonchev–Trinajstić information content (AvgIpc) is 2.52. The van der Waals surface area contributed by atoms with E-state index in [-0.39, 0.29) is 6.23 Å². The Morgan fingerprint density at radius 1 is 0.636 bits per heavy atom. The first-order chi connectivity index (χ1) is 10.8. The summed E-state index contributed by atoms with van der Waals surface area (Å²) >= 11 is 0. The Balaban J connectivity index is 3.95. The van der Waals surface area contributed by atoms with Gasteiger partial charge in [0.15, 0.2) is 0 Å². The molecule has 0 rings (SSSR count). The van der Waals surface area contributed by atoms with Crippen molar-refractivity contribution in [2.75, 3.05) is 87.3 Å². The van der Waals surface area contributed by atoms with Gasteiger partial charge in [-0.15, -0.1) is 0 Å². The van der Waals surface area contributed by atoms with Crippen LogP contribution in [-0.2, 0) is 28.4 Å². The van der Waals surface area contributed by atoms with E-state index in [2.05, 4.69) is 4.90 Å². The highest BCUT2D eigenvalue weighted by Gasteiger charge is 2.14. The number of hydrogen-bond acceptors (Lipinski definition) is 7. The minimum atomic E-state index is -0.00722. The molecule has 1 unspecified atom stereocenters. The van der Waals surface area contributed by atoms with Crippen LogP contribution in [0.5, 0.6) is 0 Å². The third-order valence-electron chi connectivity index (χ3n) is 3.07. The van der Waals surface area contributed by atoms with Crippen LogP contribution in [0.25, 0.3) is 0 Å². The largest absolute Gasteiger partial charge is 0.382 e. The fourth-order valence-corrected chi connectivity index (χ4v) is 1.74. The normalized spacial score (nSPS) is 13.0. The van der Waals surface area contributed by atoms with Crippen LogP contribution in [-0.4, -0.2) is 98.4 Å². The fourth-order valence-electron chi connectivity index (χ4n) is 1.74. The highest BCUT2D eigenvalue weighted by atomic mass is 16.5. The molecule has 0 aliphatic rings. The first-order valence-corrected chi connectivity index (χ1v) is 7.74. The maximum atomic E-state index is 5.74. The van der Waals surface area contributed by atoms with E-state index in [9.17, 15) is 0 Å². The number of ether oxygens (including phenoxy) is 6. The van der Waals surface area contributed by atoms with E-state index >= 15 is 0 Å². The molecule has 0 aliphatic heterocycles. The Morgan fingerprint density at radius 3 is 1.55 bits per heavy atom. The second kappa shape index (κ2) is 17.1. The Labute approximate surface area is 134 Å². The third-order valence-corrected chi connectivity index (χ3v) is 3.07. The molecule has 0 aliphatic carbocycles. The van der Waals surface area contributed by atoms with Crippen molar-refractivity contribution < 1.29 is 28.4 Å². The van der Waals surface area contributed by atoms with Crippen LogP contribution < -0.4 is 0 Å². The van der Waals surface area contributed by atoms with E-state index < -0.39 is 0 Å². The van der Waals surface area contributed by atoms with Crippen LogP contribution in [0.3, 0.4) is 0 Å². The van der Waals surface area contributed by atoms with Gasteiger partial charge in [-0.05, 0) is 6.92 Å². The van der Waals surface area contributed by atoms with Gasteiger partial charge in [0.25, 0.3) is 0 Å². The summed E-state index contributed by atoms with van der Waals surface area (Å²) in [6.45, 7) is 8.47. The quantitative estimate of drug-likeness (QED) is 0.287. The van der Waals surface area contributed by atoms with Crippen LogP contribution in [0.1, 0.15) is 6.92 Å². The summed E-state index contributed by atoms with van der Waals surface area (Å²) in [4.78, 5) is 2.19. The summed E-state index contributed by atoms with van der Waals surface area (Å²) in [5.41, 5.74) is 0. The van der Waals surface area contributed by atoms with Gasteiger partial charge in [0, 0.05) is 34.4 Å². The van der Waals surface area contributed by atoms with Crippen LogP contribution in [0.15, 0.2) is 0 Å². The molecule has 134 valence electrons. The molecule has 22 heavy (non-hydrogen) atoms. The minimum Gasteiger partial charge on any atom is -0.382 e. The van der Waals surface area contributed by atoms with Crippen molar-refractivity contribution in [1.29, 1.82) is 0 Å². The van der Waals surface area contributed by atoms with E-state index in [1.54, 1.807) is 21.3 Å². The van der Waals surface area contributed by atoms with Gasteiger partial charge in [-0.2, -0.15) is 0 Å². The van der Waals surface area contributed by atoms with Gasteiger partial charge in [-0.3, -0.25) is 4.90 Å². The summed E-state index contributed by atoms with van der Waals surface area (Å²) in [5, 5.41) is 0. The van der Waals surface area contributed by atoms with E-state index in [1.807, 2.05) is 6.92 Å². The second-order valence-corrected chi connectivity index (χ2v) is 4.71. The van der Waals surface area contributed by atoms with Gasteiger partial charge in [0.2, 0.25) is 0 Å². The molecule has 7 nitrogen and oxygen atoms in total. The highest BCUT2D eigenvalue weighted by Crippen LogP contribution is 2.01. The predicted molar refractivity (Wildman–Crippen MR) is 84.3 cm³/mol. The number of nitrogens with zero attached hydrogens (tertiary/aromatic N) is 1. The molecule has 0 saturated heterocycles. The Bertz CT molecular complexity index is 206. The van der Waals surface area contributed by atoms with Gasteiger partial charge in [-0.1, -0.05) is 0 Å². The van der Waals surface area contributed by atoms with Crippen molar-refractivity contribution in [1.82, 2.24) is 4.90 Å². The van der Waals surface area contributed by atoms with Crippen LogP contribution in [0, 0.1) is 0 Å². The van der Waals surface area contributed by atoms with Crippen molar-refractivity contribution in [3.05, 3.63) is 0 Å². The van der Waals surface area contributed by atoms with Crippen molar-refractivity contribution in [3.63, 3.8) is 0 Å². The molecule has 0 spiro atoms. The summed E-state index contributed by atoms with van der Waals surface area (Å²) < 4.78 is 31.7. The van der Waals surface area contributed by atoms with E-state index in [0.717, 1.165) is 13.1 Å². The molecule has 0 heterocycles. The fraction of sp³-hybridized carbons (Fsp3) is 1.00. The Hall–Kier alpha value is -0.280. The number of rotatable bonds is 17. The molecule has 0 aromatic carbocycles. The zero-order valence-corrected chi connectivity index (χ0v) is 14.5. The summed E-state index contributed by atoms with van der Waals surface area (Å²) in [6, 6.07) is 0. The predicted octanol–water partition coefficient (Wildman–Crippen LogP) is 0.623. The summed E-state index contributed by atoms with van der Waals surface area (Å²) in [5.74, 6) is 0. The first-order valence-electron chi connectivity index (χ1n) is 7.74. The van der Waals surface area contributed by atoms with Gasteiger partial charge in [0.1, 0.15) is 6.23 Å².